The number of carboxylic acids is 1. The molecule has 23 heavy (non-hydrogen) atoms. The van der Waals surface area contributed by atoms with Gasteiger partial charge < -0.3 is 15.2 Å². The van der Waals surface area contributed by atoms with Gasteiger partial charge in [-0.2, -0.15) is 0 Å². The molecule has 2 N–H and O–H groups in total. The Balaban J connectivity index is 1.96. The normalized spacial score (nSPS) is 21.7. The number of rotatable bonds is 4. The van der Waals surface area contributed by atoms with Gasteiger partial charge in [-0.1, -0.05) is 20.8 Å². The summed E-state index contributed by atoms with van der Waals surface area (Å²) < 4.78 is 5.92. The average molecular weight is 319 g/mol. The summed E-state index contributed by atoms with van der Waals surface area (Å²) in [5.74, 6) is -0.879. The minimum Gasteiger partial charge on any atom is -0.478 e. The molecule has 5 nitrogen and oxygen atoms in total. The van der Waals surface area contributed by atoms with Gasteiger partial charge in [-0.15, -0.1) is 0 Å². The Bertz CT molecular complexity index is 559. The van der Waals surface area contributed by atoms with Crippen LogP contribution in [0.25, 0.3) is 0 Å². The van der Waals surface area contributed by atoms with Crippen LogP contribution in [0.3, 0.4) is 0 Å². The number of hydrogen-bond donors (Lipinski definition) is 2. The molecule has 2 rings (SSSR count). The molecule has 1 aliphatic heterocycles. The molecule has 0 aromatic heterocycles. The molecule has 0 aliphatic carbocycles. The first-order chi connectivity index (χ1) is 10.8. The van der Waals surface area contributed by atoms with Crippen molar-refractivity contribution >= 4 is 11.9 Å². The van der Waals surface area contributed by atoms with Crippen LogP contribution in [0.2, 0.25) is 0 Å². The molecule has 2 unspecified atom stereocenters. The molecule has 0 spiro atoms. The second-order valence-corrected chi connectivity index (χ2v) is 7.15. The van der Waals surface area contributed by atoms with E-state index in [1.807, 2.05) is 0 Å². The lowest BCUT2D eigenvalue weighted by atomic mass is 9.78. The Labute approximate surface area is 137 Å². The first-order valence-electron chi connectivity index (χ1n) is 8.02. The van der Waals surface area contributed by atoms with Crippen LogP contribution in [-0.4, -0.2) is 36.2 Å². The lowest BCUT2D eigenvalue weighted by molar-refractivity contribution is -0.0839. The standard InChI is InChI=1S/C18H25NO4/c1-18(2,3)15-14(5-4-10-23-15)11-19-16(20)12-6-8-13(9-7-12)17(21)22/h6-9,14-15H,4-5,10-11H2,1-3H3,(H,19,20)(H,21,22). The van der Waals surface area contributed by atoms with Gasteiger partial charge in [-0.25, -0.2) is 4.79 Å². The largest absolute Gasteiger partial charge is 0.478 e. The van der Waals surface area contributed by atoms with Gasteiger partial charge in [0.1, 0.15) is 0 Å². The van der Waals surface area contributed by atoms with Crippen LogP contribution < -0.4 is 5.32 Å². The number of amides is 1. The summed E-state index contributed by atoms with van der Waals surface area (Å²) in [7, 11) is 0. The van der Waals surface area contributed by atoms with Crippen LogP contribution in [0.15, 0.2) is 24.3 Å². The molecule has 1 aromatic rings. The van der Waals surface area contributed by atoms with Crippen molar-refractivity contribution in [2.24, 2.45) is 11.3 Å². The minimum atomic E-state index is -0.996. The monoisotopic (exact) mass is 319 g/mol. The molecule has 0 bridgehead atoms. The second kappa shape index (κ2) is 7.13. The van der Waals surface area contributed by atoms with E-state index in [1.54, 1.807) is 0 Å². The lowest BCUT2D eigenvalue weighted by Crippen LogP contribution is -2.45. The lowest BCUT2D eigenvalue weighted by Gasteiger charge is -2.40. The zero-order valence-corrected chi connectivity index (χ0v) is 14.0. The third-order valence-electron chi connectivity index (χ3n) is 4.22. The SMILES string of the molecule is CC(C)(C)C1OCCCC1CNC(=O)c1ccc(C(=O)O)cc1. The predicted molar refractivity (Wildman–Crippen MR) is 87.7 cm³/mol. The van der Waals surface area contributed by atoms with Gasteiger partial charge in [0.15, 0.2) is 0 Å². The molecular weight excluding hydrogens is 294 g/mol. The summed E-state index contributed by atoms with van der Waals surface area (Å²) in [4.78, 5) is 23.1. The van der Waals surface area contributed by atoms with E-state index in [0.717, 1.165) is 19.4 Å². The molecule has 126 valence electrons. The summed E-state index contributed by atoms with van der Waals surface area (Å²) >= 11 is 0. The maximum atomic E-state index is 12.2. The van der Waals surface area contributed by atoms with E-state index < -0.39 is 5.97 Å². The van der Waals surface area contributed by atoms with E-state index in [2.05, 4.69) is 26.1 Å². The maximum Gasteiger partial charge on any atom is 0.335 e. The number of benzene rings is 1. The Morgan fingerprint density at radius 1 is 1.22 bits per heavy atom. The van der Waals surface area contributed by atoms with Gasteiger partial charge in [0.2, 0.25) is 0 Å². The van der Waals surface area contributed by atoms with E-state index >= 15 is 0 Å². The Hall–Kier alpha value is -1.88. The van der Waals surface area contributed by atoms with Crippen LogP contribution >= 0.6 is 0 Å². The molecule has 0 radical (unpaired) electrons. The van der Waals surface area contributed by atoms with Crippen LogP contribution in [-0.2, 0) is 4.74 Å². The van der Waals surface area contributed by atoms with Crippen molar-refractivity contribution < 1.29 is 19.4 Å². The number of hydrogen-bond acceptors (Lipinski definition) is 3. The highest BCUT2D eigenvalue weighted by molar-refractivity contribution is 5.95. The van der Waals surface area contributed by atoms with Gasteiger partial charge in [0, 0.05) is 24.6 Å². The second-order valence-electron chi connectivity index (χ2n) is 7.15. The van der Waals surface area contributed by atoms with Crippen LogP contribution in [0.5, 0.6) is 0 Å². The third-order valence-corrected chi connectivity index (χ3v) is 4.22. The summed E-state index contributed by atoms with van der Waals surface area (Å²) in [5, 5.41) is 11.8. The van der Waals surface area contributed by atoms with E-state index in [9.17, 15) is 9.59 Å². The first kappa shape index (κ1) is 17.5. The first-order valence-corrected chi connectivity index (χ1v) is 8.02. The summed E-state index contributed by atoms with van der Waals surface area (Å²) in [6.45, 7) is 7.82. The topological polar surface area (TPSA) is 75.6 Å². The number of carbonyl (C=O) groups is 2. The highest BCUT2D eigenvalue weighted by atomic mass is 16.5. The zero-order chi connectivity index (χ0) is 17.0. The summed E-state index contributed by atoms with van der Waals surface area (Å²) in [5.41, 5.74) is 0.688. The average Bonchev–Trinajstić information content (AvgIpc) is 2.52. The van der Waals surface area contributed by atoms with Crippen molar-refractivity contribution in [3.8, 4) is 0 Å². The van der Waals surface area contributed by atoms with Crippen molar-refractivity contribution in [1.29, 1.82) is 0 Å². The van der Waals surface area contributed by atoms with E-state index in [0.29, 0.717) is 18.0 Å². The molecule has 1 saturated heterocycles. The summed E-state index contributed by atoms with van der Waals surface area (Å²) in [6, 6.07) is 5.96. The third kappa shape index (κ3) is 4.55. The molecule has 0 saturated carbocycles. The highest BCUT2D eigenvalue weighted by Gasteiger charge is 2.35. The quantitative estimate of drug-likeness (QED) is 0.894. The van der Waals surface area contributed by atoms with Gasteiger partial charge in [-0.05, 0) is 42.5 Å². The fraction of sp³-hybridized carbons (Fsp3) is 0.556. The molecule has 1 fully saturated rings. The molecule has 2 atom stereocenters. The molecule has 1 aromatic carbocycles. The highest BCUT2D eigenvalue weighted by Crippen LogP contribution is 2.33. The predicted octanol–water partition coefficient (Wildman–Crippen LogP) is 2.96. The van der Waals surface area contributed by atoms with Crippen LogP contribution in [0.4, 0.5) is 0 Å². The maximum absolute atomic E-state index is 12.2. The molecule has 5 heteroatoms. The Morgan fingerprint density at radius 2 is 1.83 bits per heavy atom. The fourth-order valence-electron chi connectivity index (χ4n) is 3.10. The van der Waals surface area contributed by atoms with Gasteiger partial charge in [0.25, 0.3) is 5.91 Å². The number of carbonyl (C=O) groups excluding carboxylic acids is 1. The molecular formula is C18H25NO4. The van der Waals surface area contributed by atoms with Crippen molar-refractivity contribution in [1.82, 2.24) is 5.32 Å². The molecule has 1 aliphatic rings. The van der Waals surface area contributed by atoms with Crippen LogP contribution in [0.1, 0.15) is 54.3 Å². The number of carboxylic acid groups (broad SMARTS) is 1. The van der Waals surface area contributed by atoms with Crippen molar-refractivity contribution in [3.63, 3.8) is 0 Å². The van der Waals surface area contributed by atoms with Gasteiger partial charge in [-0.3, -0.25) is 4.79 Å². The Morgan fingerprint density at radius 3 is 2.39 bits per heavy atom. The Kier molecular flexibility index (Phi) is 5.42. The number of aromatic carboxylic acids is 1. The van der Waals surface area contributed by atoms with E-state index in [1.165, 1.54) is 24.3 Å². The van der Waals surface area contributed by atoms with E-state index in [-0.39, 0.29) is 23.0 Å². The smallest absolute Gasteiger partial charge is 0.335 e. The van der Waals surface area contributed by atoms with E-state index in [4.69, 9.17) is 9.84 Å². The fourth-order valence-corrected chi connectivity index (χ4v) is 3.10. The minimum absolute atomic E-state index is 0.0406. The zero-order valence-electron chi connectivity index (χ0n) is 14.0. The van der Waals surface area contributed by atoms with Crippen LogP contribution in [0, 0.1) is 11.3 Å². The number of ether oxygens (including phenoxy) is 1. The van der Waals surface area contributed by atoms with Gasteiger partial charge in [0.05, 0.1) is 11.7 Å². The van der Waals surface area contributed by atoms with Crippen molar-refractivity contribution in [2.45, 2.75) is 39.7 Å². The molecule has 1 heterocycles. The van der Waals surface area contributed by atoms with Crippen molar-refractivity contribution in [3.05, 3.63) is 35.4 Å². The summed E-state index contributed by atoms with van der Waals surface area (Å²) in [6.07, 6.45) is 2.19. The number of nitrogens with one attached hydrogen (secondary N) is 1. The van der Waals surface area contributed by atoms with Gasteiger partial charge >= 0.3 is 5.97 Å². The van der Waals surface area contributed by atoms with Crippen molar-refractivity contribution in [2.75, 3.05) is 13.2 Å². The molecule has 1 amide bonds.